The zero-order chi connectivity index (χ0) is 37.8. The highest BCUT2D eigenvalue weighted by atomic mass is 35.5. The molecule has 4 rings (SSSR count). The zero-order valence-corrected chi connectivity index (χ0v) is 27.3. The summed E-state index contributed by atoms with van der Waals surface area (Å²) in [6, 6.07) is 9.47. The van der Waals surface area contributed by atoms with Gasteiger partial charge in [0.05, 0.1) is 29.9 Å². The molecule has 21 heteroatoms. The number of carbonyl (C=O) groups is 3. The molecule has 0 spiro atoms. The van der Waals surface area contributed by atoms with E-state index in [0.717, 1.165) is 18.2 Å². The van der Waals surface area contributed by atoms with Gasteiger partial charge in [-0.05, 0) is 55.8 Å². The molecule has 5 N–H and O–H groups in total. The molecular weight excluding hydrogens is 716 g/mol. The van der Waals surface area contributed by atoms with Crippen LogP contribution >= 0.6 is 11.6 Å². The van der Waals surface area contributed by atoms with Crippen molar-refractivity contribution in [2.24, 2.45) is 11.5 Å². The maximum absolute atomic E-state index is 14.2. The molecule has 0 bridgehead atoms. The van der Waals surface area contributed by atoms with Crippen LogP contribution in [0.4, 0.5) is 26.3 Å². The number of hydrogen-bond acceptors (Lipinski definition) is 9. The fourth-order valence-electron chi connectivity index (χ4n) is 4.49. The molecule has 1 atom stereocenters. The van der Waals surface area contributed by atoms with E-state index in [1.807, 2.05) is 0 Å². The summed E-state index contributed by atoms with van der Waals surface area (Å²) in [6.07, 6.45) is -13.7. The molecule has 0 fully saturated rings. The van der Waals surface area contributed by atoms with Crippen LogP contribution in [-0.4, -0.2) is 65.7 Å². The quantitative estimate of drug-likeness (QED) is 0.111. The van der Waals surface area contributed by atoms with E-state index in [1.54, 1.807) is 13.8 Å². The number of para-hydroxylation sites is 1. The first-order valence-electron chi connectivity index (χ1n) is 14.6. The minimum absolute atomic E-state index is 0.0949. The number of alkyl halides is 6. The molecule has 2 aromatic heterocycles. The van der Waals surface area contributed by atoms with Crippen molar-refractivity contribution in [3.63, 3.8) is 0 Å². The number of allylic oxidation sites excluding steroid dienone is 1. The number of primary amides is 1. The Labute approximate surface area is 288 Å². The third-order valence-electron chi connectivity index (χ3n) is 7.01. The summed E-state index contributed by atoms with van der Waals surface area (Å²) < 4.78 is 90.2. The Hall–Kier alpha value is -5.66. The van der Waals surface area contributed by atoms with Crippen LogP contribution in [0.1, 0.15) is 42.3 Å². The number of esters is 1. The fourth-order valence-corrected chi connectivity index (χ4v) is 4.62. The summed E-state index contributed by atoms with van der Waals surface area (Å²) in [7, 11) is 0. The van der Waals surface area contributed by atoms with Gasteiger partial charge in [-0.25, -0.2) is 19.1 Å². The maximum Gasteiger partial charge on any atom is 0.427 e. The summed E-state index contributed by atoms with van der Waals surface area (Å²) in [5, 5.41) is 10.5. The van der Waals surface area contributed by atoms with E-state index in [4.69, 9.17) is 23.1 Å². The van der Waals surface area contributed by atoms with Crippen molar-refractivity contribution in [3.05, 3.63) is 92.5 Å². The standard InChI is InChI=1S/C30H28ClF6N9O5/c1-15(2)23(38)27(49)40-12-11-22(47)51-20(30(35,36)37)13-44-25(16-7-9-17(31)10-8-16)43-45(28(44)50)14-21-41-26(24(39)48)46(42-21)19-6-4-3-5-18(19)29(32,33)34/h3-10,20H,11-14,38H2,1-2H3,(H2,39,48)(H,40,49)/t20-/m0/s1. The second-order valence-corrected chi connectivity index (χ2v) is 11.4. The molecule has 272 valence electrons. The van der Waals surface area contributed by atoms with Crippen molar-refractivity contribution in [1.29, 1.82) is 0 Å². The molecular formula is C30H28ClF6N9O5. The minimum atomic E-state index is -5.20. The van der Waals surface area contributed by atoms with Gasteiger partial charge in [-0.1, -0.05) is 23.7 Å². The number of halogens is 7. The van der Waals surface area contributed by atoms with Gasteiger partial charge in [-0.2, -0.15) is 26.3 Å². The van der Waals surface area contributed by atoms with Gasteiger partial charge in [-0.3, -0.25) is 19.0 Å². The Kier molecular flexibility index (Phi) is 11.3. The molecule has 2 heterocycles. The van der Waals surface area contributed by atoms with Gasteiger partial charge in [0.25, 0.3) is 11.8 Å². The lowest BCUT2D eigenvalue weighted by molar-refractivity contribution is -0.224. The Morgan fingerprint density at radius 1 is 0.980 bits per heavy atom. The van der Waals surface area contributed by atoms with Crippen LogP contribution in [0, 0.1) is 0 Å². The summed E-state index contributed by atoms with van der Waals surface area (Å²) in [5.74, 6) is -4.94. The van der Waals surface area contributed by atoms with Gasteiger partial charge >= 0.3 is 24.0 Å². The van der Waals surface area contributed by atoms with E-state index in [-0.39, 0.29) is 22.1 Å². The van der Waals surface area contributed by atoms with Crippen LogP contribution in [0.3, 0.4) is 0 Å². The second kappa shape index (κ2) is 15.1. The van der Waals surface area contributed by atoms with Crippen molar-refractivity contribution in [2.45, 2.75) is 51.8 Å². The van der Waals surface area contributed by atoms with E-state index >= 15 is 0 Å². The first-order valence-corrected chi connectivity index (χ1v) is 15.0. The van der Waals surface area contributed by atoms with Crippen LogP contribution in [0.15, 0.2) is 64.6 Å². The lowest BCUT2D eigenvalue weighted by Crippen LogP contribution is -2.41. The minimum Gasteiger partial charge on any atom is -0.451 e. The number of carbonyl (C=O) groups excluding carboxylic acids is 3. The fraction of sp³-hybridized carbons (Fsp3) is 0.300. The number of nitrogens with zero attached hydrogens (tertiary/aromatic N) is 6. The highest BCUT2D eigenvalue weighted by molar-refractivity contribution is 6.30. The predicted molar refractivity (Wildman–Crippen MR) is 167 cm³/mol. The number of ether oxygens (including phenoxy) is 1. The summed E-state index contributed by atoms with van der Waals surface area (Å²) in [6.45, 7) is 0.650. The number of rotatable bonds is 12. The lowest BCUT2D eigenvalue weighted by Gasteiger charge is -2.21. The molecule has 0 radical (unpaired) electrons. The van der Waals surface area contributed by atoms with Crippen molar-refractivity contribution in [3.8, 4) is 17.1 Å². The smallest absolute Gasteiger partial charge is 0.427 e. The largest absolute Gasteiger partial charge is 0.451 e. The van der Waals surface area contributed by atoms with E-state index in [2.05, 4.69) is 25.2 Å². The summed E-state index contributed by atoms with van der Waals surface area (Å²) >= 11 is 5.95. The molecule has 0 saturated heterocycles. The van der Waals surface area contributed by atoms with Crippen molar-refractivity contribution in [1.82, 2.24) is 34.4 Å². The molecule has 51 heavy (non-hydrogen) atoms. The number of nitrogens with one attached hydrogen (secondary N) is 1. The van der Waals surface area contributed by atoms with Gasteiger partial charge in [0, 0.05) is 17.1 Å². The van der Waals surface area contributed by atoms with Crippen molar-refractivity contribution >= 4 is 29.4 Å². The Bertz CT molecular complexity index is 2030. The molecule has 14 nitrogen and oxygen atoms in total. The van der Waals surface area contributed by atoms with Crippen LogP contribution < -0.4 is 22.5 Å². The highest BCUT2D eigenvalue weighted by Crippen LogP contribution is 2.34. The number of nitrogens with two attached hydrogens (primary N) is 2. The average molecular weight is 744 g/mol. The molecule has 0 aliphatic heterocycles. The zero-order valence-electron chi connectivity index (χ0n) is 26.5. The number of aromatic nitrogens is 6. The first kappa shape index (κ1) is 38.1. The van der Waals surface area contributed by atoms with E-state index in [1.165, 1.54) is 30.3 Å². The predicted octanol–water partition coefficient (Wildman–Crippen LogP) is 3.34. The second-order valence-electron chi connectivity index (χ2n) is 11.0. The van der Waals surface area contributed by atoms with E-state index in [9.17, 15) is 45.5 Å². The highest BCUT2D eigenvalue weighted by Gasteiger charge is 2.44. The lowest BCUT2D eigenvalue weighted by atomic mass is 10.1. The first-order chi connectivity index (χ1) is 23.8. The molecule has 2 aromatic carbocycles. The Morgan fingerprint density at radius 2 is 1.63 bits per heavy atom. The third-order valence-corrected chi connectivity index (χ3v) is 7.26. The number of benzene rings is 2. The van der Waals surface area contributed by atoms with Gasteiger partial charge in [0.1, 0.15) is 6.54 Å². The maximum atomic E-state index is 14.2. The van der Waals surface area contributed by atoms with Crippen LogP contribution in [0.5, 0.6) is 0 Å². The van der Waals surface area contributed by atoms with E-state index in [0.29, 0.717) is 19.5 Å². The molecule has 0 aliphatic carbocycles. The monoisotopic (exact) mass is 743 g/mol. The third kappa shape index (κ3) is 9.12. The summed E-state index contributed by atoms with van der Waals surface area (Å²) in [4.78, 5) is 54.0. The molecule has 0 unspecified atom stereocenters. The van der Waals surface area contributed by atoms with Gasteiger partial charge in [0.15, 0.2) is 11.6 Å². The van der Waals surface area contributed by atoms with E-state index < -0.39 is 90.9 Å². The van der Waals surface area contributed by atoms with Crippen LogP contribution in [0.2, 0.25) is 5.02 Å². The van der Waals surface area contributed by atoms with Gasteiger partial charge in [-0.15, -0.1) is 10.2 Å². The molecule has 2 amide bonds. The van der Waals surface area contributed by atoms with Crippen LogP contribution in [-0.2, 0) is 33.6 Å². The van der Waals surface area contributed by atoms with Crippen molar-refractivity contribution < 1.29 is 45.5 Å². The molecule has 4 aromatic rings. The normalized spacial score (nSPS) is 12.3. The summed E-state index contributed by atoms with van der Waals surface area (Å²) in [5.41, 5.74) is 8.35. The number of amides is 2. The number of hydrogen-bond donors (Lipinski definition) is 3. The Morgan fingerprint density at radius 3 is 2.22 bits per heavy atom. The molecule has 0 saturated carbocycles. The van der Waals surface area contributed by atoms with Crippen molar-refractivity contribution in [2.75, 3.05) is 6.54 Å². The van der Waals surface area contributed by atoms with Gasteiger partial charge < -0.3 is 21.5 Å². The van der Waals surface area contributed by atoms with Crippen LogP contribution in [0.25, 0.3) is 17.1 Å². The van der Waals surface area contributed by atoms with Gasteiger partial charge in [0.2, 0.25) is 11.9 Å². The SMILES string of the molecule is CC(C)=C(N)C(=O)NCCC(=O)O[C@@H](Cn1c(-c2ccc(Cl)cc2)nn(Cc2nc(C(N)=O)n(-c3ccccc3C(F)(F)F)n2)c1=O)C(F)(F)F. The molecule has 0 aliphatic rings. The Balaban J connectivity index is 1.70. The topological polar surface area (TPSA) is 195 Å². The average Bonchev–Trinajstić information content (AvgIpc) is 3.61.